The third-order valence-corrected chi connectivity index (χ3v) is 13.7. The van der Waals surface area contributed by atoms with Crippen LogP contribution in [-0.4, -0.2) is 85.9 Å². The maximum atomic E-state index is 12.7. The molecule has 5 N–H and O–H groups in total. The Morgan fingerprint density at radius 2 is 1.73 bits per heavy atom. The molecule has 11 heteroatoms. The van der Waals surface area contributed by atoms with Crippen LogP contribution in [0.5, 0.6) is 0 Å². The molecule has 11 nitrogen and oxygen atoms in total. The van der Waals surface area contributed by atoms with Gasteiger partial charge in [-0.2, -0.15) is 0 Å². The van der Waals surface area contributed by atoms with E-state index in [0.29, 0.717) is 48.3 Å². The van der Waals surface area contributed by atoms with Crippen LogP contribution in [0.1, 0.15) is 91.9 Å². The van der Waals surface area contributed by atoms with Crippen molar-refractivity contribution in [3.05, 3.63) is 0 Å². The molecule has 0 aromatic rings. The molecule has 1 spiro atoms. The third kappa shape index (κ3) is 4.74. The largest absolute Gasteiger partial charge is 0.481 e. The van der Waals surface area contributed by atoms with Gasteiger partial charge in [0.15, 0.2) is 11.9 Å². The van der Waals surface area contributed by atoms with Gasteiger partial charge in [-0.3, -0.25) is 4.79 Å². The van der Waals surface area contributed by atoms with Gasteiger partial charge in [-0.05, 0) is 97.7 Å². The molecule has 2 aliphatic heterocycles. The van der Waals surface area contributed by atoms with Crippen molar-refractivity contribution in [2.24, 2.45) is 52.3 Å². The smallest absolute Gasteiger partial charge is 0.339 e. The van der Waals surface area contributed by atoms with E-state index in [1.165, 1.54) is 0 Å². The average Bonchev–Trinajstić information content (AvgIpc) is 3.39. The molecule has 0 aromatic heterocycles. The van der Waals surface area contributed by atoms with E-state index in [0.717, 1.165) is 51.6 Å². The molecule has 15 atom stereocenters. The van der Waals surface area contributed by atoms with Crippen molar-refractivity contribution in [2.75, 3.05) is 6.61 Å². The summed E-state index contributed by atoms with van der Waals surface area (Å²) in [5.74, 6) is -2.68. The maximum absolute atomic E-state index is 12.7. The molecule has 4 saturated carbocycles. The van der Waals surface area contributed by atoms with Crippen molar-refractivity contribution < 1.29 is 54.1 Å². The van der Waals surface area contributed by atoms with Gasteiger partial charge in [0.25, 0.3) is 0 Å². The average molecular weight is 623 g/mol. The van der Waals surface area contributed by atoms with E-state index in [1.54, 1.807) is 0 Å². The molecule has 6 rings (SSSR count). The first-order valence-corrected chi connectivity index (χ1v) is 16.6. The highest BCUT2D eigenvalue weighted by molar-refractivity contribution is 5.91. The number of carbonyl (C=O) groups excluding carboxylic acids is 1. The summed E-state index contributed by atoms with van der Waals surface area (Å²) in [6.07, 6.45) is 2.18. The number of aliphatic hydroxyl groups is 3. The summed E-state index contributed by atoms with van der Waals surface area (Å²) in [4.78, 5) is 35.4. The summed E-state index contributed by atoms with van der Waals surface area (Å²) in [6.45, 7) is 10.1. The van der Waals surface area contributed by atoms with Crippen LogP contribution in [-0.2, 0) is 28.6 Å². The molecule has 2 saturated heterocycles. The van der Waals surface area contributed by atoms with Crippen molar-refractivity contribution >= 4 is 17.9 Å². The minimum Gasteiger partial charge on any atom is -0.481 e. The predicted molar refractivity (Wildman–Crippen MR) is 154 cm³/mol. The van der Waals surface area contributed by atoms with E-state index in [4.69, 9.17) is 19.3 Å². The van der Waals surface area contributed by atoms with Crippen LogP contribution >= 0.6 is 0 Å². The van der Waals surface area contributed by atoms with Crippen LogP contribution in [0.2, 0.25) is 0 Å². The van der Waals surface area contributed by atoms with Gasteiger partial charge in [0.2, 0.25) is 5.60 Å². The Kier molecular flexibility index (Phi) is 7.96. The lowest BCUT2D eigenvalue weighted by atomic mass is 9.44. The quantitative estimate of drug-likeness (QED) is 0.275. The second kappa shape index (κ2) is 10.9. The van der Waals surface area contributed by atoms with Crippen LogP contribution in [0.4, 0.5) is 0 Å². The zero-order valence-electron chi connectivity index (χ0n) is 26.3. The number of carboxylic acid groups (broad SMARTS) is 2. The van der Waals surface area contributed by atoms with E-state index in [1.807, 2.05) is 0 Å². The molecule has 0 radical (unpaired) electrons. The van der Waals surface area contributed by atoms with Gasteiger partial charge >= 0.3 is 17.9 Å². The van der Waals surface area contributed by atoms with E-state index in [-0.39, 0.29) is 22.9 Å². The number of ether oxygens (including phenoxy) is 3. The van der Waals surface area contributed by atoms with Gasteiger partial charge in [0.05, 0.1) is 25.2 Å². The molecule has 6 unspecified atom stereocenters. The van der Waals surface area contributed by atoms with E-state index >= 15 is 0 Å². The first-order valence-electron chi connectivity index (χ1n) is 16.6. The van der Waals surface area contributed by atoms with Gasteiger partial charge in [-0.1, -0.05) is 27.7 Å². The van der Waals surface area contributed by atoms with Crippen LogP contribution in [0.3, 0.4) is 0 Å². The van der Waals surface area contributed by atoms with Gasteiger partial charge in [-0.15, -0.1) is 0 Å². The monoisotopic (exact) mass is 622 g/mol. The van der Waals surface area contributed by atoms with E-state index in [2.05, 4.69) is 27.7 Å². The zero-order valence-corrected chi connectivity index (χ0v) is 26.3. The van der Waals surface area contributed by atoms with Crippen molar-refractivity contribution in [3.8, 4) is 0 Å². The number of hydrogen-bond donors (Lipinski definition) is 5. The molecule has 2 heterocycles. The highest BCUT2D eigenvalue weighted by atomic mass is 16.7. The lowest BCUT2D eigenvalue weighted by Gasteiger charge is -2.62. The molecule has 6 aliphatic rings. The van der Waals surface area contributed by atoms with Crippen LogP contribution in [0.25, 0.3) is 0 Å². The number of fused-ring (bicyclic) bond motifs is 7. The summed E-state index contributed by atoms with van der Waals surface area (Å²) in [5, 5.41) is 50.2. The highest BCUT2D eigenvalue weighted by Crippen LogP contribution is 2.71. The Hall–Kier alpha value is -1.79. The van der Waals surface area contributed by atoms with Crippen LogP contribution in [0, 0.1) is 52.3 Å². The minimum atomic E-state index is -3.24. The Bertz CT molecular complexity index is 1170. The molecule has 0 amide bonds. The molecule has 248 valence electrons. The fraction of sp³-hybridized carbons (Fsp3) is 0.909. The summed E-state index contributed by atoms with van der Waals surface area (Å²) in [6, 6.07) is 0. The topological polar surface area (TPSA) is 180 Å². The van der Waals surface area contributed by atoms with Crippen LogP contribution < -0.4 is 0 Å². The first kappa shape index (κ1) is 32.2. The number of rotatable bonds is 6. The Balaban J connectivity index is 1.14. The van der Waals surface area contributed by atoms with Crippen molar-refractivity contribution in [1.29, 1.82) is 0 Å². The number of esters is 1. The summed E-state index contributed by atoms with van der Waals surface area (Å²) < 4.78 is 18.7. The number of carbonyl (C=O) groups is 3. The van der Waals surface area contributed by atoms with Gasteiger partial charge in [0, 0.05) is 12.3 Å². The fourth-order valence-electron chi connectivity index (χ4n) is 11.3. The molecule has 6 fully saturated rings. The summed E-state index contributed by atoms with van der Waals surface area (Å²) in [7, 11) is 0. The Morgan fingerprint density at radius 1 is 1.00 bits per heavy atom. The molecule has 0 aromatic carbocycles. The van der Waals surface area contributed by atoms with E-state index in [9.17, 15) is 34.8 Å². The normalized spacial score (nSPS) is 50.0. The Morgan fingerprint density at radius 3 is 2.36 bits per heavy atom. The number of hydrogen-bond acceptors (Lipinski definition) is 9. The lowest BCUT2D eigenvalue weighted by Crippen LogP contribution is -2.59. The SMILES string of the molecule is C[C@@H]1CC[C@@]2(OC1)OC1C[C@H]3C4CC[C@H]5C[C@@H](OC(=O)C(O)C(O)(CC(=O)O)C(=O)O)[C@H](O)C[C@]5(C)C4CC[C@]3(C)C1[C@@H]2C. The number of carboxylic acids is 2. The molecule has 44 heavy (non-hydrogen) atoms. The second-order valence-corrected chi connectivity index (χ2v) is 15.9. The fourth-order valence-corrected chi connectivity index (χ4v) is 11.3. The van der Waals surface area contributed by atoms with Gasteiger partial charge in [-0.25, -0.2) is 9.59 Å². The van der Waals surface area contributed by atoms with Crippen molar-refractivity contribution in [1.82, 2.24) is 0 Å². The number of aliphatic hydroxyl groups excluding tert-OH is 2. The van der Waals surface area contributed by atoms with Gasteiger partial charge < -0.3 is 39.7 Å². The van der Waals surface area contributed by atoms with Crippen LogP contribution in [0.15, 0.2) is 0 Å². The molecular weight excluding hydrogens is 572 g/mol. The maximum Gasteiger partial charge on any atom is 0.339 e. The minimum absolute atomic E-state index is 0.154. The first-order chi connectivity index (χ1) is 20.6. The summed E-state index contributed by atoms with van der Waals surface area (Å²) in [5.41, 5.74) is -3.25. The van der Waals surface area contributed by atoms with Crippen molar-refractivity contribution in [2.45, 2.75) is 128 Å². The van der Waals surface area contributed by atoms with E-state index < -0.39 is 54.0 Å². The second-order valence-electron chi connectivity index (χ2n) is 15.9. The zero-order chi connectivity index (χ0) is 32.0. The number of aliphatic carboxylic acids is 2. The standard InChI is InChI=1S/C33H50O11/c1-16-7-10-33(42-15-16)17(2)26-24(44-33)12-21-19-6-5-18-11-23(22(34)13-31(18,4)20(19)8-9-30(21,26)3)43-28(38)27(37)32(41,29(39)40)14-25(35)36/h16-24,26-27,34,37,41H,5-15H2,1-4H3,(H,35,36)(H,39,40)/t16-,17+,18+,19?,20?,21+,22-,23-,24?,26?,27?,30+,31+,32?,33-/m1/s1. The van der Waals surface area contributed by atoms with Crippen molar-refractivity contribution in [3.63, 3.8) is 0 Å². The van der Waals surface area contributed by atoms with Gasteiger partial charge in [0.1, 0.15) is 6.10 Å². The Labute approximate surface area is 258 Å². The summed E-state index contributed by atoms with van der Waals surface area (Å²) >= 11 is 0. The molecule has 0 bridgehead atoms. The lowest BCUT2D eigenvalue weighted by molar-refractivity contribution is -0.273. The molecular formula is C33H50O11. The third-order valence-electron chi connectivity index (χ3n) is 13.7. The highest BCUT2D eigenvalue weighted by Gasteiger charge is 2.69. The predicted octanol–water partition coefficient (Wildman–Crippen LogP) is 2.97. The molecule has 4 aliphatic carbocycles.